The highest BCUT2D eigenvalue weighted by Gasteiger charge is 1.97. The van der Waals surface area contributed by atoms with E-state index in [1.165, 1.54) is 11.1 Å². The molecule has 0 bridgehead atoms. The summed E-state index contributed by atoms with van der Waals surface area (Å²) in [7, 11) is 0. The molecule has 0 unspecified atom stereocenters. The monoisotopic (exact) mass is 135 g/mol. The molecule has 0 saturated heterocycles. The molecular weight excluding hydrogens is 122 g/mol. The van der Waals surface area contributed by atoms with E-state index in [1.54, 1.807) is 0 Å². The van der Waals surface area contributed by atoms with Crippen molar-refractivity contribution < 1.29 is 0 Å². The summed E-state index contributed by atoms with van der Waals surface area (Å²) in [4.78, 5) is 4.07. The van der Waals surface area contributed by atoms with E-state index in [0.29, 0.717) is 0 Å². The lowest BCUT2D eigenvalue weighted by Crippen LogP contribution is -1.84. The SMILES string of the molecule is CCC1=C(C)C=CN=CC1. The third kappa shape index (κ3) is 1.56. The summed E-state index contributed by atoms with van der Waals surface area (Å²) in [6, 6.07) is 0. The van der Waals surface area contributed by atoms with E-state index in [-0.39, 0.29) is 0 Å². The van der Waals surface area contributed by atoms with Gasteiger partial charge in [-0.2, -0.15) is 0 Å². The normalized spacial score (nSPS) is 17.8. The molecule has 1 aliphatic rings. The summed E-state index contributed by atoms with van der Waals surface area (Å²) in [5.41, 5.74) is 2.87. The van der Waals surface area contributed by atoms with E-state index in [4.69, 9.17) is 0 Å². The van der Waals surface area contributed by atoms with Gasteiger partial charge in [-0.25, -0.2) is 0 Å². The Morgan fingerprint density at radius 1 is 1.60 bits per heavy atom. The zero-order valence-electron chi connectivity index (χ0n) is 6.59. The van der Waals surface area contributed by atoms with E-state index in [2.05, 4.69) is 24.9 Å². The van der Waals surface area contributed by atoms with Gasteiger partial charge in [0, 0.05) is 18.8 Å². The highest BCUT2D eigenvalue weighted by Crippen LogP contribution is 2.14. The van der Waals surface area contributed by atoms with Gasteiger partial charge in [-0.15, -0.1) is 0 Å². The second-order valence-electron chi connectivity index (χ2n) is 2.49. The van der Waals surface area contributed by atoms with Crippen LogP contribution in [-0.2, 0) is 0 Å². The zero-order valence-corrected chi connectivity index (χ0v) is 6.59. The molecule has 0 radical (unpaired) electrons. The Bertz CT molecular complexity index is 197. The average molecular weight is 135 g/mol. The van der Waals surface area contributed by atoms with Crippen LogP contribution in [0.3, 0.4) is 0 Å². The lowest BCUT2D eigenvalue weighted by molar-refractivity contribution is 1.04. The molecule has 0 aromatic carbocycles. The van der Waals surface area contributed by atoms with Crippen molar-refractivity contribution in [3.8, 4) is 0 Å². The molecule has 0 saturated carbocycles. The second kappa shape index (κ2) is 3.35. The van der Waals surface area contributed by atoms with Crippen molar-refractivity contribution in [3.05, 3.63) is 23.4 Å². The van der Waals surface area contributed by atoms with Crippen molar-refractivity contribution in [3.63, 3.8) is 0 Å². The van der Waals surface area contributed by atoms with Crippen molar-refractivity contribution in [2.45, 2.75) is 26.7 Å². The van der Waals surface area contributed by atoms with Gasteiger partial charge < -0.3 is 0 Å². The molecular formula is C9H13N. The maximum atomic E-state index is 4.07. The Hall–Kier alpha value is -0.850. The molecule has 1 aliphatic heterocycles. The quantitative estimate of drug-likeness (QED) is 0.524. The Morgan fingerprint density at radius 3 is 3.10 bits per heavy atom. The van der Waals surface area contributed by atoms with Crippen LogP contribution in [0.5, 0.6) is 0 Å². The van der Waals surface area contributed by atoms with Crippen LogP contribution in [0.1, 0.15) is 26.7 Å². The van der Waals surface area contributed by atoms with Crippen molar-refractivity contribution in [1.29, 1.82) is 0 Å². The van der Waals surface area contributed by atoms with Crippen LogP contribution in [0.25, 0.3) is 0 Å². The van der Waals surface area contributed by atoms with E-state index < -0.39 is 0 Å². The van der Waals surface area contributed by atoms with Crippen molar-refractivity contribution in [2.24, 2.45) is 4.99 Å². The maximum absolute atomic E-state index is 4.07. The fraction of sp³-hybridized carbons (Fsp3) is 0.444. The van der Waals surface area contributed by atoms with Gasteiger partial charge in [0.25, 0.3) is 0 Å². The highest BCUT2D eigenvalue weighted by atomic mass is 14.7. The van der Waals surface area contributed by atoms with E-state index in [9.17, 15) is 0 Å². The van der Waals surface area contributed by atoms with E-state index >= 15 is 0 Å². The summed E-state index contributed by atoms with van der Waals surface area (Å²) in [5, 5.41) is 0. The fourth-order valence-corrected chi connectivity index (χ4v) is 1.08. The third-order valence-corrected chi connectivity index (χ3v) is 1.84. The molecule has 0 spiro atoms. The molecule has 0 atom stereocenters. The molecule has 1 nitrogen and oxygen atoms in total. The first-order valence-corrected chi connectivity index (χ1v) is 3.71. The van der Waals surface area contributed by atoms with Gasteiger partial charge in [0.05, 0.1) is 0 Å². The smallest absolute Gasteiger partial charge is 0.0266 e. The average Bonchev–Trinajstić information content (AvgIpc) is 2.13. The van der Waals surface area contributed by atoms with Gasteiger partial charge in [0.1, 0.15) is 0 Å². The largest absolute Gasteiger partial charge is 0.269 e. The van der Waals surface area contributed by atoms with E-state index in [1.807, 2.05) is 12.4 Å². The van der Waals surface area contributed by atoms with Crippen molar-refractivity contribution in [1.82, 2.24) is 0 Å². The minimum Gasteiger partial charge on any atom is -0.269 e. The first-order chi connectivity index (χ1) is 4.84. The zero-order chi connectivity index (χ0) is 7.40. The molecule has 0 aliphatic carbocycles. The Morgan fingerprint density at radius 2 is 2.40 bits per heavy atom. The number of nitrogens with zero attached hydrogens (tertiary/aromatic N) is 1. The molecule has 1 heteroatoms. The molecule has 0 N–H and O–H groups in total. The molecule has 54 valence electrons. The Kier molecular flexibility index (Phi) is 2.43. The van der Waals surface area contributed by atoms with Gasteiger partial charge in [-0.1, -0.05) is 18.1 Å². The lowest BCUT2D eigenvalue weighted by Gasteiger charge is -2.00. The van der Waals surface area contributed by atoms with Gasteiger partial charge >= 0.3 is 0 Å². The summed E-state index contributed by atoms with van der Waals surface area (Å²) >= 11 is 0. The van der Waals surface area contributed by atoms with Gasteiger partial charge in [0.2, 0.25) is 0 Å². The van der Waals surface area contributed by atoms with Crippen LogP contribution in [0.2, 0.25) is 0 Å². The topological polar surface area (TPSA) is 12.4 Å². The first-order valence-electron chi connectivity index (χ1n) is 3.71. The Labute approximate surface area is 62.2 Å². The fourth-order valence-electron chi connectivity index (χ4n) is 1.08. The summed E-state index contributed by atoms with van der Waals surface area (Å²) < 4.78 is 0. The lowest BCUT2D eigenvalue weighted by atomic mass is 10.1. The maximum Gasteiger partial charge on any atom is 0.0266 e. The predicted molar refractivity (Wildman–Crippen MR) is 45.2 cm³/mol. The van der Waals surface area contributed by atoms with Crippen molar-refractivity contribution >= 4 is 6.21 Å². The number of hydrogen-bond acceptors (Lipinski definition) is 1. The van der Waals surface area contributed by atoms with Gasteiger partial charge in [0.15, 0.2) is 0 Å². The van der Waals surface area contributed by atoms with Crippen LogP contribution in [0.4, 0.5) is 0 Å². The van der Waals surface area contributed by atoms with Gasteiger partial charge in [-0.05, 0) is 19.4 Å². The third-order valence-electron chi connectivity index (χ3n) is 1.84. The van der Waals surface area contributed by atoms with E-state index in [0.717, 1.165) is 12.8 Å². The number of aliphatic imine (C=N–C) groups is 1. The summed E-state index contributed by atoms with van der Waals surface area (Å²) in [6.07, 6.45) is 8.06. The number of rotatable bonds is 1. The van der Waals surface area contributed by atoms with Crippen LogP contribution in [0, 0.1) is 0 Å². The van der Waals surface area contributed by atoms with Crippen LogP contribution >= 0.6 is 0 Å². The number of allylic oxidation sites excluding steroid dienone is 3. The minimum atomic E-state index is 1.02. The van der Waals surface area contributed by atoms with Crippen molar-refractivity contribution in [2.75, 3.05) is 0 Å². The van der Waals surface area contributed by atoms with Gasteiger partial charge in [-0.3, -0.25) is 4.99 Å². The molecule has 0 aromatic heterocycles. The Balaban J connectivity index is 2.82. The summed E-state index contributed by atoms with van der Waals surface area (Å²) in [6.45, 7) is 4.33. The standard InChI is InChI=1S/C9H13N/c1-3-9-5-7-10-6-4-8(9)2/h4,6-7H,3,5H2,1-2H3. The predicted octanol–water partition coefficient (Wildman–Crippen LogP) is 2.70. The summed E-state index contributed by atoms with van der Waals surface area (Å²) in [5.74, 6) is 0. The molecule has 1 heterocycles. The minimum absolute atomic E-state index is 1.02. The van der Waals surface area contributed by atoms with Crippen LogP contribution in [-0.4, -0.2) is 6.21 Å². The first kappa shape index (κ1) is 7.26. The molecule has 0 amide bonds. The number of hydrogen-bond donors (Lipinski definition) is 0. The highest BCUT2D eigenvalue weighted by molar-refractivity contribution is 5.63. The molecule has 0 fully saturated rings. The molecule has 0 aromatic rings. The second-order valence-corrected chi connectivity index (χ2v) is 2.49. The van der Waals surface area contributed by atoms with Crippen LogP contribution in [0.15, 0.2) is 28.4 Å². The molecule has 10 heavy (non-hydrogen) atoms. The molecule has 1 rings (SSSR count). The van der Waals surface area contributed by atoms with Crippen LogP contribution < -0.4 is 0 Å².